The van der Waals surface area contributed by atoms with Crippen molar-refractivity contribution in [3.05, 3.63) is 78.4 Å². The molecule has 1 aromatic carbocycles. The van der Waals surface area contributed by atoms with Gasteiger partial charge in [-0.15, -0.1) is 0 Å². The van der Waals surface area contributed by atoms with Gasteiger partial charge in [0.25, 0.3) is 5.91 Å². The van der Waals surface area contributed by atoms with Gasteiger partial charge >= 0.3 is 0 Å². The highest BCUT2D eigenvalue weighted by atomic mass is 32.2. The van der Waals surface area contributed by atoms with Gasteiger partial charge in [-0.2, -0.15) is 0 Å². The van der Waals surface area contributed by atoms with Gasteiger partial charge in [0.15, 0.2) is 0 Å². The standard InChI is InChI=1S/C22H22N2O2S/c25-22(24(18-6-1-2-7-18)16-19-8-5-15-26-19)17-10-12-20(13-11-17)27-21-9-3-4-14-23-21/h3-5,8-15,18H,1-2,6-7,16H2. The number of aromatic nitrogens is 1. The highest BCUT2D eigenvalue weighted by molar-refractivity contribution is 7.99. The Morgan fingerprint density at radius 3 is 2.56 bits per heavy atom. The first-order valence-electron chi connectivity index (χ1n) is 9.32. The Kier molecular flexibility index (Phi) is 5.58. The number of carbonyl (C=O) groups is 1. The Labute approximate surface area is 163 Å². The Morgan fingerprint density at radius 2 is 1.89 bits per heavy atom. The minimum absolute atomic E-state index is 0.0766. The molecular formula is C22H22N2O2S. The predicted molar refractivity (Wildman–Crippen MR) is 106 cm³/mol. The van der Waals surface area contributed by atoms with Crippen LogP contribution in [-0.2, 0) is 6.54 Å². The molecule has 3 aromatic rings. The summed E-state index contributed by atoms with van der Waals surface area (Å²) in [5.74, 6) is 0.908. The van der Waals surface area contributed by atoms with E-state index in [4.69, 9.17) is 4.42 Å². The van der Waals surface area contributed by atoms with Gasteiger partial charge in [0.05, 0.1) is 12.8 Å². The molecule has 0 radical (unpaired) electrons. The molecule has 0 aliphatic heterocycles. The summed E-state index contributed by atoms with van der Waals surface area (Å²) in [5.41, 5.74) is 0.721. The average Bonchev–Trinajstić information content (AvgIpc) is 3.41. The fourth-order valence-electron chi connectivity index (χ4n) is 3.51. The van der Waals surface area contributed by atoms with E-state index < -0.39 is 0 Å². The van der Waals surface area contributed by atoms with Crippen LogP contribution < -0.4 is 0 Å². The first-order chi connectivity index (χ1) is 13.3. The molecule has 1 aliphatic carbocycles. The van der Waals surface area contributed by atoms with Gasteiger partial charge < -0.3 is 9.32 Å². The molecule has 5 heteroatoms. The SMILES string of the molecule is O=C(c1ccc(Sc2ccccn2)cc1)N(Cc1ccco1)C1CCCC1. The van der Waals surface area contributed by atoms with E-state index in [9.17, 15) is 4.79 Å². The van der Waals surface area contributed by atoms with Gasteiger partial charge in [-0.25, -0.2) is 4.98 Å². The van der Waals surface area contributed by atoms with E-state index >= 15 is 0 Å². The van der Waals surface area contributed by atoms with Crippen LogP contribution in [0.15, 0.2) is 81.4 Å². The number of hydrogen-bond donors (Lipinski definition) is 0. The summed E-state index contributed by atoms with van der Waals surface area (Å²) in [5, 5.41) is 0.946. The second-order valence-electron chi connectivity index (χ2n) is 6.75. The van der Waals surface area contributed by atoms with Crippen LogP contribution in [-0.4, -0.2) is 21.8 Å². The third-order valence-corrected chi connectivity index (χ3v) is 5.85. The van der Waals surface area contributed by atoms with E-state index in [0.717, 1.165) is 34.1 Å². The van der Waals surface area contributed by atoms with E-state index in [1.807, 2.05) is 59.5 Å². The summed E-state index contributed by atoms with van der Waals surface area (Å²) in [6, 6.07) is 17.8. The quantitative estimate of drug-likeness (QED) is 0.575. The zero-order valence-corrected chi connectivity index (χ0v) is 15.9. The number of pyridine rings is 1. The van der Waals surface area contributed by atoms with Crippen LogP contribution >= 0.6 is 11.8 Å². The van der Waals surface area contributed by atoms with Gasteiger partial charge in [-0.05, 0) is 61.4 Å². The number of furan rings is 1. The highest BCUT2D eigenvalue weighted by Crippen LogP contribution is 2.29. The van der Waals surface area contributed by atoms with Crippen molar-refractivity contribution in [3.63, 3.8) is 0 Å². The van der Waals surface area contributed by atoms with Crippen LogP contribution in [0, 0.1) is 0 Å². The molecular weight excluding hydrogens is 356 g/mol. The molecule has 0 atom stereocenters. The number of benzene rings is 1. The molecule has 4 nitrogen and oxygen atoms in total. The van der Waals surface area contributed by atoms with Crippen LogP contribution in [0.3, 0.4) is 0 Å². The Morgan fingerprint density at radius 1 is 1.07 bits per heavy atom. The molecule has 0 unspecified atom stereocenters. The second-order valence-corrected chi connectivity index (χ2v) is 7.84. The number of rotatable bonds is 6. The first-order valence-corrected chi connectivity index (χ1v) is 10.1. The lowest BCUT2D eigenvalue weighted by molar-refractivity contribution is 0.0649. The van der Waals surface area contributed by atoms with Crippen LogP contribution in [0.2, 0.25) is 0 Å². The second kappa shape index (κ2) is 8.44. The van der Waals surface area contributed by atoms with Gasteiger partial charge in [0.2, 0.25) is 0 Å². The highest BCUT2D eigenvalue weighted by Gasteiger charge is 2.28. The number of hydrogen-bond acceptors (Lipinski definition) is 4. The third-order valence-electron chi connectivity index (χ3n) is 4.89. The summed E-state index contributed by atoms with van der Waals surface area (Å²) in [4.78, 5) is 20.6. The molecule has 1 aliphatic rings. The van der Waals surface area contributed by atoms with Gasteiger partial charge in [-0.1, -0.05) is 30.7 Å². The zero-order chi connectivity index (χ0) is 18.5. The maximum Gasteiger partial charge on any atom is 0.254 e. The molecule has 27 heavy (non-hydrogen) atoms. The van der Waals surface area contributed by atoms with Gasteiger partial charge in [0.1, 0.15) is 10.8 Å². The third kappa shape index (κ3) is 4.42. The van der Waals surface area contributed by atoms with Gasteiger partial charge in [-0.3, -0.25) is 4.79 Å². The topological polar surface area (TPSA) is 46.3 Å². The van der Waals surface area contributed by atoms with Crippen molar-refractivity contribution in [2.75, 3.05) is 0 Å². The largest absolute Gasteiger partial charge is 0.467 e. The number of nitrogens with zero attached hydrogens (tertiary/aromatic N) is 2. The maximum atomic E-state index is 13.2. The maximum absolute atomic E-state index is 13.2. The van der Waals surface area contributed by atoms with Gasteiger partial charge in [0, 0.05) is 22.7 Å². The van der Waals surface area contributed by atoms with Crippen LogP contribution in [0.25, 0.3) is 0 Å². The number of amides is 1. The van der Waals surface area contributed by atoms with E-state index in [1.54, 1.807) is 24.2 Å². The summed E-state index contributed by atoms with van der Waals surface area (Å²) >= 11 is 1.59. The van der Waals surface area contributed by atoms with Crippen molar-refractivity contribution in [1.82, 2.24) is 9.88 Å². The minimum atomic E-state index is 0.0766. The number of carbonyl (C=O) groups excluding carboxylic acids is 1. The van der Waals surface area contributed by atoms with E-state index in [0.29, 0.717) is 12.6 Å². The molecule has 0 saturated heterocycles. The fourth-order valence-corrected chi connectivity index (χ4v) is 4.29. The molecule has 0 bridgehead atoms. The Balaban J connectivity index is 1.50. The molecule has 1 amide bonds. The Bertz CT molecular complexity index is 857. The van der Waals surface area contributed by atoms with Crippen molar-refractivity contribution in [3.8, 4) is 0 Å². The van der Waals surface area contributed by atoms with E-state index in [-0.39, 0.29) is 5.91 Å². The van der Waals surface area contributed by atoms with Crippen molar-refractivity contribution < 1.29 is 9.21 Å². The van der Waals surface area contributed by atoms with Crippen LogP contribution in [0.5, 0.6) is 0 Å². The lowest BCUT2D eigenvalue weighted by atomic mass is 10.1. The molecule has 1 fully saturated rings. The minimum Gasteiger partial charge on any atom is -0.467 e. The molecule has 0 spiro atoms. The molecule has 138 valence electrons. The van der Waals surface area contributed by atoms with Crippen molar-refractivity contribution in [2.24, 2.45) is 0 Å². The first kappa shape index (κ1) is 17.9. The van der Waals surface area contributed by atoms with E-state index in [2.05, 4.69) is 4.98 Å². The Hall–Kier alpha value is -2.53. The summed E-state index contributed by atoms with van der Waals surface area (Å²) in [6.07, 6.45) is 7.96. The van der Waals surface area contributed by atoms with Crippen LogP contribution in [0.4, 0.5) is 0 Å². The van der Waals surface area contributed by atoms with Crippen molar-refractivity contribution in [2.45, 2.75) is 48.2 Å². The summed E-state index contributed by atoms with van der Waals surface area (Å²) in [6.45, 7) is 0.529. The molecule has 4 rings (SSSR count). The normalized spacial score (nSPS) is 14.4. The lowest BCUT2D eigenvalue weighted by Crippen LogP contribution is -2.38. The molecule has 1 saturated carbocycles. The smallest absolute Gasteiger partial charge is 0.254 e. The average molecular weight is 378 g/mol. The molecule has 2 aromatic heterocycles. The molecule has 0 N–H and O–H groups in total. The zero-order valence-electron chi connectivity index (χ0n) is 15.1. The predicted octanol–water partition coefficient (Wildman–Crippen LogP) is 5.41. The van der Waals surface area contributed by atoms with Crippen molar-refractivity contribution in [1.29, 1.82) is 0 Å². The molecule has 2 heterocycles. The van der Waals surface area contributed by atoms with Crippen molar-refractivity contribution >= 4 is 17.7 Å². The fraction of sp³-hybridized carbons (Fsp3) is 0.273. The lowest BCUT2D eigenvalue weighted by Gasteiger charge is -2.28. The van der Waals surface area contributed by atoms with E-state index in [1.165, 1.54) is 12.8 Å². The van der Waals surface area contributed by atoms with Crippen LogP contribution in [0.1, 0.15) is 41.8 Å². The monoisotopic (exact) mass is 378 g/mol. The summed E-state index contributed by atoms with van der Waals surface area (Å²) in [7, 11) is 0. The summed E-state index contributed by atoms with van der Waals surface area (Å²) < 4.78 is 5.49.